The summed E-state index contributed by atoms with van der Waals surface area (Å²) < 4.78 is 0. The molecule has 0 aromatic heterocycles. The first kappa shape index (κ1) is 13.8. The van der Waals surface area contributed by atoms with Crippen molar-refractivity contribution in [3.05, 3.63) is 0 Å². The number of nitrogens with one attached hydrogen (secondary N) is 1. The molecule has 0 spiro atoms. The van der Waals surface area contributed by atoms with Gasteiger partial charge in [0.1, 0.15) is 0 Å². The van der Waals surface area contributed by atoms with Crippen LogP contribution in [0, 0.1) is 5.41 Å². The number of rotatable bonds is 2. The molecule has 3 N–H and O–H groups in total. The molecule has 1 amide bonds. The molecule has 2 fully saturated rings. The van der Waals surface area contributed by atoms with Gasteiger partial charge in [-0.25, -0.2) is 0 Å². The van der Waals surface area contributed by atoms with Gasteiger partial charge in [-0.2, -0.15) is 0 Å². The van der Waals surface area contributed by atoms with Crippen molar-refractivity contribution < 1.29 is 4.79 Å². The predicted molar refractivity (Wildman–Crippen MR) is 73.2 cm³/mol. The summed E-state index contributed by atoms with van der Waals surface area (Å²) in [5.41, 5.74) is 5.83. The van der Waals surface area contributed by atoms with Gasteiger partial charge in [0.05, 0.1) is 6.04 Å². The quantitative estimate of drug-likeness (QED) is 0.775. The highest BCUT2D eigenvalue weighted by molar-refractivity contribution is 5.82. The van der Waals surface area contributed by atoms with Crippen LogP contribution in [0.2, 0.25) is 0 Å². The van der Waals surface area contributed by atoms with Crippen LogP contribution in [0.5, 0.6) is 0 Å². The van der Waals surface area contributed by atoms with E-state index in [0.29, 0.717) is 12.1 Å². The molecule has 0 aromatic carbocycles. The molecule has 0 aliphatic carbocycles. The fourth-order valence-electron chi connectivity index (χ4n) is 3.04. The Morgan fingerprint density at radius 3 is 2.72 bits per heavy atom. The molecular weight excluding hydrogens is 226 g/mol. The molecule has 0 aromatic rings. The SMILES string of the molecule is CC(C)(C)C(N)C(=O)NC1CCN2CCCC2C1. The Bertz CT molecular complexity index is 311. The molecule has 0 saturated carbocycles. The first-order valence-electron chi connectivity index (χ1n) is 7.18. The Balaban J connectivity index is 1.85. The van der Waals surface area contributed by atoms with Gasteiger partial charge in [-0.15, -0.1) is 0 Å². The van der Waals surface area contributed by atoms with Gasteiger partial charge in [0.2, 0.25) is 5.91 Å². The lowest BCUT2D eigenvalue weighted by atomic mass is 9.86. The van der Waals surface area contributed by atoms with Crippen LogP contribution in [-0.4, -0.2) is 42.0 Å². The second kappa shape index (κ2) is 5.17. The summed E-state index contributed by atoms with van der Waals surface area (Å²) >= 11 is 0. The molecule has 2 heterocycles. The monoisotopic (exact) mass is 253 g/mol. The number of carbonyl (C=O) groups is 1. The number of fused-ring (bicyclic) bond motifs is 1. The number of carbonyl (C=O) groups excluding carboxylic acids is 1. The highest BCUT2D eigenvalue weighted by Crippen LogP contribution is 2.27. The van der Waals surface area contributed by atoms with Crippen molar-refractivity contribution >= 4 is 5.91 Å². The first-order chi connectivity index (χ1) is 8.38. The molecule has 0 radical (unpaired) electrons. The van der Waals surface area contributed by atoms with Crippen molar-refractivity contribution in [3.8, 4) is 0 Å². The van der Waals surface area contributed by atoms with Crippen LogP contribution in [0.25, 0.3) is 0 Å². The van der Waals surface area contributed by atoms with Gasteiger partial charge in [-0.05, 0) is 37.6 Å². The number of amides is 1. The number of piperidine rings is 1. The lowest BCUT2D eigenvalue weighted by Gasteiger charge is -2.36. The molecule has 0 bridgehead atoms. The van der Waals surface area contributed by atoms with E-state index in [9.17, 15) is 4.79 Å². The van der Waals surface area contributed by atoms with Crippen molar-refractivity contribution in [1.29, 1.82) is 0 Å². The lowest BCUT2D eigenvalue weighted by Crippen LogP contribution is -2.54. The summed E-state index contributed by atoms with van der Waals surface area (Å²) in [6, 6.07) is 0.597. The Hall–Kier alpha value is -0.610. The summed E-state index contributed by atoms with van der Waals surface area (Å²) in [5.74, 6) is 0.0129. The molecule has 2 aliphatic heterocycles. The third kappa shape index (κ3) is 3.04. The van der Waals surface area contributed by atoms with Gasteiger partial charge < -0.3 is 16.0 Å². The molecule has 3 unspecified atom stereocenters. The highest BCUT2D eigenvalue weighted by Gasteiger charge is 2.34. The third-order valence-corrected chi connectivity index (χ3v) is 4.38. The fraction of sp³-hybridized carbons (Fsp3) is 0.929. The van der Waals surface area contributed by atoms with E-state index in [0.717, 1.165) is 19.4 Å². The van der Waals surface area contributed by atoms with Crippen LogP contribution in [0.4, 0.5) is 0 Å². The van der Waals surface area contributed by atoms with E-state index in [4.69, 9.17) is 5.73 Å². The summed E-state index contributed by atoms with van der Waals surface area (Å²) in [7, 11) is 0. The van der Waals surface area contributed by atoms with E-state index in [1.54, 1.807) is 0 Å². The molecule has 4 heteroatoms. The summed E-state index contributed by atoms with van der Waals surface area (Å²) in [6.45, 7) is 8.40. The third-order valence-electron chi connectivity index (χ3n) is 4.38. The maximum absolute atomic E-state index is 12.1. The Kier molecular flexibility index (Phi) is 3.97. The van der Waals surface area contributed by atoms with Gasteiger partial charge in [-0.3, -0.25) is 4.79 Å². The largest absolute Gasteiger partial charge is 0.352 e. The van der Waals surface area contributed by atoms with E-state index in [2.05, 4.69) is 10.2 Å². The maximum Gasteiger partial charge on any atom is 0.237 e. The van der Waals surface area contributed by atoms with Gasteiger partial charge in [0, 0.05) is 18.6 Å². The molecule has 2 rings (SSSR count). The molecule has 104 valence electrons. The van der Waals surface area contributed by atoms with Crippen molar-refractivity contribution in [2.24, 2.45) is 11.1 Å². The van der Waals surface area contributed by atoms with E-state index < -0.39 is 6.04 Å². The molecule has 3 atom stereocenters. The summed E-state index contributed by atoms with van der Waals surface area (Å²) in [6.07, 6.45) is 4.77. The van der Waals surface area contributed by atoms with E-state index in [1.165, 1.54) is 19.4 Å². The van der Waals surface area contributed by atoms with Gasteiger partial charge in [0.25, 0.3) is 0 Å². The minimum atomic E-state index is -0.417. The van der Waals surface area contributed by atoms with Gasteiger partial charge in [-0.1, -0.05) is 20.8 Å². The van der Waals surface area contributed by atoms with Crippen molar-refractivity contribution in [3.63, 3.8) is 0 Å². The highest BCUT2D eigenvalue weighted by atomic mass is 16.2. The van der Waals surface area contributed by atoms with Crippen LogP contribution in [0.3, 0.4) is 0 Å². The van der Waals surface area contributed by atoms with Crippen LogP contribution in [0.15, 0.2) is 0 Å². The molecule has 2 aliphatic rings. The first-order valence-corrected chi connectivity index (χ1v) is 7.18. The zero-order valence-electron chi connectivity index (χ0n) is 11.9. The standard InChI is InChI=1S/C14H27N3O/c1-14(2,3)12(15)13(18)16-10-6-8-17-7-4-5-11(17)9-10/h10-12H,4-9,15H2,1-3H3,(H,16,18). The average Bonchev–Trinajstić information content (AvgIpc) is 2.73. The van der Waals surface area contributed by atoms with Gasteiger partial charge >= 0.3 is 0 Å². The number of hydrogen-bond acceptors (Lipinski definition) is 3. The Morgan fingerprint density at radius 1 is 1.33 bits per heavy atom. The second-order valence-electron chi connectivity index (χ2n) is 6.91. The number of hydrogen-bond donors (Lipinski definition) is 2. The summed E-state index contributed by atoms with van der Waals surface area (Å²) in [4.78, 5) is 14.7. The van der Waals surface area contributed by atoms with E-state index in [-0.39, 0.29) is 11.3 Å². The zero-order chi connectivity index (χ0) is 13.3. The van der Waals surface area contributed by atoms with Gasteiger partial charge in [0.15, 0.2) is 0 Å². The van der Waals surface area contributed by atoms with Crippen molar-refractivity contribution in [1.82, 2.24) is 10.2 Å². The minimum absolute atomic E-state index is 0.0129. The smallest absolute Gasteiger partial charge is 0.237 e. The number of nitrogens with two attached hydrogens (primary N) is 1. The zero-order valence-corrected chi connectivity index (χ0v) is 11.9. The second-order valence-corrected chi connectivity index (χ2v) is 6.91. The van der Waals surface area contributed by atoms with E-state index in [1.807, 2.05) is 20.8 Å². The lowest BCUT2D eigenvalue weighted by molar-refractivity contribution is -0.125. The molecule has 18 heavy (non-hydrogen) atoms. The van der Waals surface area contributed by atoms with Crippen molar-refractivity contribution in [2.45, 2.75) is 64.6 Å². The summed E-state index contributed by atoms with van der Waals surface area (Å²) in [5, 5.41) is 3.15. The minimum Gasteiger partial charge on any atom is -0.352 e. The normalized spacial score (nSPS) is 30.9. The average molecular weight is 253 g/mol. The Morgan fingerprint density at radius 2 is 2.06 bits per heavy atom. The predicted octanol–water partition coefficient (Wildman–Crippen LogP) is 1.10. The fourth-order valence-corrected chi connectivity index (χ4v) is 3.04. The molecule has 4 nitrogen and oxygen atoms in total. The van der Waals surface area contributed by atoms with Crippen LogP contribution in [-0.2, 0) is 4.79 Å². The van der Waals surface area contributed by atoms with E-state index >= 15 is 0 Å². The Labute approximate surface area is 110 Å². The number of nitrogens with zero attached hydrogens (tertiary/aromatic N) is 1. The maximum atomic E-state index is 12.1. The van der Waals surface area contributed by atoms with Crippen LogP contribution >= 0.6 is 0 Å². The molecule has 2 saturated heterocycles. The van der Waals surface area contributed by atoms with Crippen molar-refractivity contribution in [2.75, 3.05) is 13.1 Å². The van der Waals surface area contributed by atoms with Crippen LogP contribution in [0.1, 0.15) is 46.5 Å². The van der Waals surface area contributed by atoms with Crippen LogP contribution < -0.4 is 11.1 Å². The molecular formula is C14H27N3O. The topological polar surface area (TPSA) is 58.4 Å².